The fourth-order valence-corrected chi connectivity index (χ4v) is 3.76. The Labute approximate surface area is 183 Å². The standard InChI is InChI=1S/C25H29N3O3/c1-2-30-22-8-3-4-9-23(22)31-17-7-11-25(29)26-20-14-12-19(13-15-20)21-18-28-16-6-5-10-24(28)27-21/h3-4,8-9,12-15,18H,2,5-7,10-11,16-17H2,1H3,(H,26,29). The number of benzene rings is 2. The Kier molecular flexibility index (Phi) is 6.87. The van der Waals surface area contributed by atoms with Crippen molar-refractivity contribution in [1.29, 1.82) is 0 Å². The molecule has 0 spiro atoms. The van der Waals surface area contributed by atoms with E-state index in [-0.39, 0.29) is 5.91 Å². The van der Waals surface area contributed by atoms with Gasteiger partial charge in [0.2, 0.25) is 5.91 Å². The monoisotopic (exact) mass is 419 g/mol. The molecule has 4 rings (SSSR count). The van der Waals surface area contributed by atoms with E-state index in [1.165, 1.54) is 18.7 Å². The van der Waals surface area contributed by atoms with E-state index in [1.54, 1.807) is 0 Å². The number of aromatic nitrogens is 2. The van der Waals surface area contributed by atoms with Gasteiger partial charge in [-0.15, -0.1) is 0 Å². The molecule has 162 valence electrons. The molecule has 1 aliphatic rings. The Morgan fingerprint density at radius 2 is 1.84 bits per heavy atom. The van der Waals surface area contributed by atoms with E-state index in [0.29, 0.717) is 31.8 Å². The summed E-state index contributed by atoms with van der Waals surface area (Å²) in [6.07, 6.45) is 6.64. The number of fused-ring (bicyclic) bond motifs is 1. The summed E-state index contributed by atoms with van der Waals surface area (Å²) in [6.45, 7) is 4.04. The first kappa shape index (κ1) is 21.0. The molecule has 1 aromatic heterocycles. The molecule has 3 aromatic rings. The summed E-state index contributed by atoms with van der Waals surface area (Å²) in [7, 11) is 0. The molecular formula is C25H29N3O3. The molecule has 6 nitrogen and oxygen atoms in total. The smallest absolute Gasteiger partial charge is 0.224 e. The average Bonchev–Trinajstić information content (AvgIpc) is 3.23. The lowest BCUT2D eigenvalue weighted by atomic mass is 10.1. The van der Waals surface area contributed by atoms with Crippen LogP contribution in [0.15, 0.2) is 54.7 Å². The van der Waals surface area contributed by atoms with Crippen LogP contribution in [0.4, 0.5) is 5.69 Å². The predicted molar refractivity (Wildman–Crippen MR) is 122 cm³/mol. The number of rotatable bonds is 9. The number of imidazole rings is 1. The van der Waals surface area contributed by atoms with E-state index in [9.17, 15) is 4.79 Å². The second-order valence-corrected chi connectivity index (χ2v) is 7.65. The lowest BCUT2D eigenvalue weighted by molar-refractivity contribution is -0.116. The molecular weight excluding hydrogens is 390 g/mol. The normalized spacial score (nSPS) is 12.8. The van der Waals surface area contributed by atoms with Crippen LogP contribution in [0.5, 0.6) is 11.5 Å². The molecule has 6 heteroatoms. The van der Waals surface area contributed by atoms with Gasteiger partial charge in [0.25, 0.3) is 0 Å². The van der Waals surface area contributed by atoms with Crippen molar-refractivity contribution in [3.8, 4) is 22.8 Å². The number of carbonyl (C=O) groups is 1. The molecule has 1 amide bonds. The maximum atomic E-state index is 12.3. The van der Waals surface area contributed by atoms with Gasteiger partial charge in [0, 0.05) is 36.8 Å². The van der Waals surface area contributed by atoms with Crippen molar-refractivity contribution >= 4 is 11.6 Å². The summed E-state index contributed by atoms with van der Waals surface area (Å²) in [6, 6.07) is 15.5. The zero-order valence-electron chi connectivity index (χ0n) is 18.0. The van der Waals surface area contributed by atoms with Crippen LogP contribution in [0.3, 0.4) is 0 Å². The minimum atomic E-state index is -0.0214. The molecule has 2 aromatic carbocycles. The lowest BCUT2D eigenvalue weighted by Gasteiger charge is -2.11. The number of anilines is 1. The van der Waals surface area contributed by atoms with E-state index >= 15 is 0 Å². The van der Waals surface area contributed by atoms with Crippen molar-refractivity contribution in [3.05, 3.63) is 60.6 Å². The molecule has 1 aliphatic heterocycles. The fourth-order valence-electron chi connectivity index (χ4n) is 3.76. The van der Waals surface area contributed by atoms with Gasteiger partial charge in [0.15, 0.2) is 11.5 Å². The van der Waals surface area contributed by atoms with Crippen LogP contribution in [0.25, 0.3) is 11.3 Å². The van der Waals surface area contributed by atoms with Gasteiger partial charge in [-0.1, -0.05) is 24.3 Å². The number of ether oxygens (including phenoxy) is 2. The maximum absolute atomic E-state index is 12.3. The molecule has 0 fully saturated rings. The van der Waals surface area contributed by atoms with Crippen molar-refractivity contribution < 1.29 is 14.3 Å². The molecule has 31 heavy (non-hydrogen) atoms. The van der Waals surface area contributed by atoms with Gasteiger partial charge in [0.1, 0.15) is 5.82 Å². The van der Waals surface area contributed by atoms with E-state index in [4.69, 9.17) is 14.5 Å². The predicted octanol–water partition coefficient (Wildman–Crippen LogP) is 5.08. The topological polar surface area (TPSA) is 65.4 Å². The largest absolute Gasteiger partial charge is 0.490 e. The van der Waals surface area contributed by atoms with Crippen LogP contribution < -0.4 is 14.8 Å². The quantitative estimate of drug-likeness (QED) is 0.491. The summed E-state index contributed by atoms with van der Waals surface area (Å²) in [4.78, 5) is 17.0. The minimum Gasteiger partial charge on any atom is -0.490 e. The molecule has 0 atom stereocenters. The molecule has 1 N–H and O–H groups in total. The zero-order valence-corrected chi connectivity index (χ0v) is 18.0. The molecule has 0 saturated carbocycles. The maximum Gasteiger partial charge on any atom is 0.224 e. The number of amides is 1. The summed E-state index contributed by atoms with van der Waals surface area (Å²) < 4.78 is 13.6. The van der Waals surface area contributed by atoms with Gasteiger partial charge in [0.05, 0.1) is 18.9 Å². The average molecular weight is 420 g/mol. The number of nitrogens with one attached hydrogen (secondary N) is 1. The highest BCUT2D eigenvalue weighted by Crippen LogP contribution is 2.27. The molecule has 2 heterocycles. The van der Waals surface area contributed by atoms with Crippen molar-refractivity contribution in [2.24, 2.45) is 0 Å². The van der Waals surface area contributed by atoms with Gasteiger partial charge in [-0.3, -0.25) is 4.79 Å². The first-order valence-electron chi connectivity index (χ1n) is 11.0. The van der Waals surface area contributed by atoms with Crippen molar-refractivity contribution in [2.45, 2.75) is 45.6 Å². The van der Waals surface area contributed by atoms with Gasteiger partial charge in [-0.2, -0.15) is 0 Å². The SMILES string of the molecule is CCOc1ccccc1OCCCC(=O)Nc1ccc(-c2cn3c(n2)CCCC3)cc1. The molecule has 0 saturated heterocycles. The Morgan fingerprint density at radius 3 is 2.58 bits per heavy atom. The van der Waals surface area contributed by atoms with E-state index in [1.807, 2.05) is 55.5 Å². The second kappa shape index (κ2) is 10.2. The Hall–Kier alpha value is -3.28. The molecule has 0 unspecified atom stereocenters. The van der Waals surface area contributed by atoms with Crippen LogP contribution in [0.2, 0.25) is 0 Å². The second-order valence-electron chi connectivity index (χ2n) is 7.65. The van der Waals surface area contributed by atoms with E-state index < -0.39 is 0 Å². The van der Waals surface area contributed by atoms with Gasteiger partial charge in [-0.05, 0) is 50.5 Å². The number of para-hydroxylation sites is 2. The minimum absolute atomic E-state index is 0.0214. The number of aryl methyl sites for hydroxylation is 2. The number of carbonyl (C=O) groups excluding carboxylic acids is 1. The van der Waals surface area contributed by atoms with Crippen molar-refractivity contribution in [2.75, 3.05) is 18.5 Å². The van der Waals surface area contributed by atoms with E-state index in [2.05, 4.69) is 16.1 Å². The van der Waals surface area contributed by atoms with E-state index in [0.717, 1.165) is 35.7 Å². The van der Waals surface area contributed by atoms with Crippen molar-refractivity contribution in [3.63, 3.8) is 0 Å². The number of hydrogen-bond donors (Lipinski definition) is 1. The summed E-state index contributed by atoms with van der Waals surface area (Å²) in [5, 5.41) is 2.96. The van der Waals surface area contributed by atoms with Crippen LogP contribution in [0, 0.1) is 0 Å². The third-order valence-corrected chi connectivity index (χ3v) is 5.33. The van der Waals surface area contributed by atoms with Gasteiger partial charge < -0.3 is 19.4 Å². The molecule has 0 bridgehead atoms. The highest BCUT2D eigenvalue weighted by atomic mass is 16.5. The first-order valence-corrected chi connectivity index (χ1v) is 11.0. The fraction of sp³-hybridized carbons (Fsp3) is 0.360. The Bertz CT molecular complexity index is 988. The summed E-state index contributed by atoms with van der Waals surface area (Å²) in [5.74, 6) is 2.59. The zero-order chi connectivity index (χ0) is 21.5. The van der Waals surface area contributed by atoms with Crippen LogP contribution in [-0.2, 0) is 17.8 Å². The summed E-state index contributed by atoms with van der Waals surface area (Å²) in [5.41, 5.74) is 2.86. The van der Waals surface area contributed by atoms with Crippen LogP contribution >= 0.6 is 0 Å². The highest BCUT2D eigenvalue weighted by molar-refractivity contribution is 5.90. The number of nitrogens with zero attached hydrogens (tertiary/aromatic N) is 2. The Balaban J connectivity index is 1.24. The molecule has 0 aliphatic carbocycles. The lowest BCUT2D eigenvalue weighted by Crippen LogP contribution is -2.12. The van der Waals surface area contributed by atoms with Crippen LogP contribution in [-0.4, -0.2) is 28.7 Å². The first-order chi connectivity index (χ1) is 15.2. The third-order valence-electron chi connectivity index (χ3n) is 5.33. The van der Waals surface area contributed by atoms with Crippen LogP contribution in [0.1, 0.15) is 38.4 Å². The number of hydrogen-bond acceptors (Lipinski definition) is 4. The van der Waals surface area contributed by atoms with Gasteiger partial charge in [-0.25, -0.2) is 4.98 Å². The highest BCUT2D eigenvalue weighted by Gasteiger charge is 2.13. The third kappa shape index (κ3) is 5.45. The summed E-state index contributed by atoms with van der Waals surface area (Å²) >= 11 is 0. The molecule has 0 radical (unpaired) electrons. The Morgan fingerprint density at radius 1 is 1.06 bits per heavy atom. The van der Waals surface area contributed by atoms with Crippen molar-refractivity contribution in [1.82, 2.24) is 9.55 Å². The van der Waals surface area contributed by atoms with Gasteiger partial charge >= 0.3 is 0 Å².